The highest BCUT2D eigenvalue weighted by atomic mass is 16.5. The summed E-state index contributed by atoms with van der Waals surface area (Å²) in [5.74, 6) is 0.774. The van der Waals surface area contributed by atoms with Crippen LogP contribution in [0.5, 0.6) is 11.5 Å². The zero-order chi connectivity index (χ0) is 10.1. The average molecular weight is 192 g/mol. The van der Waals surface area contributed by atoms with Crippen LogP contribution in [0.15, 0.2) is 12.1 Å². The van der Waals surface area contributed by atoms with E-state index in [1.807, 2.05) is 6.07 Å². The zero-order valence-corrected chi connectivity index (χ0v) is 7.99. The molecular weight excluding hydrogens is 180 g/mol. The Morgan fingerprint density at radius 1 is 1.50 bits per heavy atom. The van der Waals surface area contributed by atoms with E-state index in [0.29, 0.717) is 23.5 Å². The van der Waals surface area contributed by atoms with Gasteiger partial charge >= 0.3 is 0 Å². The van der Waals surface area contributed by atoms with Crippen molar-refractivity contribution in [3.8, 4) is 11.5 Å². The van der Waals surface area contributed by atoms with Gasteiger partial charge in [-0.15, -0.1) is 0 Å². The van der Waals surface area contributed by atoms with E-state index in [0.717, 1.165) is 18.4 Å². The molecule has 1 aromatic rings. The Morgan fingerprint density at radius 3 is 2.71 bits per heavy atom. The second-order valence-electron chi connectivity index (χ2n) is 3.51. The molecule has 0 unspecified atom stereocenters. The molecule has 1 aliphatic carbocycles. The number of phenols is 1. The van der Waals surface area contributed by atoms with E-state index in [9.17, 15) is 9.90 Å². The molecule has 0 amide bonds. The second-order valence-corrected chi connectivity index (χ2v) is 3.51. The van der Waals surface area contributed by atoms with Crippen molar-refractivity contribution in [3.63, 3.8) is 0 Å². The second kappa shape index (κ2) is 3.33. The van der Waals surface area contributed by atoms with Crippen LogP contribution >= 0.6 is 0 Å². The van der Waals surface area contributed by atoms with Crippen LogP contribution in [-0.4, -0.2) is 18.5 Å². The van der Waals surface area contributed by atoms with E-state index in [1.54, 1.807) is 6.07 Å². The number of aldehydes is 1. The molecular formula is C11H12O3. The number of rotatable bonds is 3. The molecule has 0 aliphatic heterocycles. The highest BCUT2D eigenvalue weighted by Gasteiger charge is 2.28. The number of methoxy groups -OCH3 is 1. The van der Waals surface area contributed by atoms with Crippen LogP contribution in [0.3, 0.4) is 0 Å². The molecule has 1 fully saturated rings. The molecule has 1 N–H and O–H groups in total. The molecule has 1 aromatic carbocycles. The first-order chi connectivity index (χ1) is 6.77. The van der Waals surface area contributed by atoms with Crippen molar-refractivity contribution >= 4 is 6.29 Å². The van der Waals surface area contributed by atoms with Crippen molar-refractivity contribution in [1.29, 1.82) is 0 Å². The number of hydrogen-bond donors (Lipinski definition) is 1. The summed E-state index contributed by atoms with van der Waals surface area (Å²) in [6.45, 7) is 0. The van der Waals surface area contributed by atoms with Gasteiger partial charge in [-0.2, -0.15) is 0 Å². The Hall–Kier alpha value is -1.51. The lowest BCUT2D eigenvalue weighted by atomic mass is 10.0. The molecule has 0 atom stereocenters. The van der Waals surface area contributed by atoms with Gasteiger partial charge in [0, 0.05) is 0 Å². The molecule has 74 valence electrons. The van der Waals surface area contributed by atoms with E-state index < -0.39 is 0 Å². The minimum Gasteiger partial charge on any atom is -0.504 e. The summed E-state index contributed by atoms with van der Waals surface area (Å²) < 4.78 is 4.93. The lowest BCUT2D eigenvalue weighted by Crippen LogP contribution is -1.94. The lowest BCUT2D eigenvalue weighted by Gasteiger charge is -2.09. The standard InChI is InChI=1S/C11H12O3/c1-14-10-5-4-8(7-2-3-7)9(6-12)11(10)13/h4-7,13H,2-3H2,1H3. The van der Waals surface area contributed by atoms with Crippen molar-refractivity contribution in [1.82, 2.24) is 0 Å². The van der Waals surface area contributed by atoms with Gasteiger partial charge in [-0.05, 0) is 30.4 Å². The van der Waals surface area contributed by atoms with Crippen molar-refractivity contribution in [2.45, 2.75) is 18.8 Å². The third-order valence-electron chi connectivity index (χ3n) is 2.57. The lowest BCUT2D eigenvalue weighted by molar-refractivity contribution is 0.111. The molecule has 1 aliphatic rings. The number of benzene rings is 1. The van der Waals surface area contributed by atoms with Crippen LogP contribution in [-0.2, 0) is 0 Å². The number of carbonyl (C=O) groups is 1. The van der Waals surface area contributed by atoms with Gasteiger partial charge in [-0.1, -0.05) is 6.07 Å². The highest BCUT2D eigenvalue weighted by molar-refractivity contribution is 5.84. The maximum atomic E-state index is 10.8. The van der Waals surface area contributed by atoms with Gasteiger partial charge < -0.3 is 9.84 Å². The molecule has 14 heavy (non-hydrogen) atoms. The number of aromatic hydroxyl groups is 1. The van der Waals surface area contributed by atoms with Crippen molar-refractivity contribution in [2.24, 2.45) is 0 Å². The minimum atomic E-state index is -0.0353. The first kappa shape index (κ1) is 9.06. The fourth-order valence-electron chi connectivity index (χ4n) is 1.64. The SMILES string of the molecule is COc1ccc(C2CC2)c(C=O)c1O. The molecule has 0 radical (unpaired) electrons. The van der Waals surface area contributed by atoms with Crippen LogP contribution in [0, 0.1) is 0 Å². The Labute approximate surface area is 82.3 Å². The summed E-state index contributed by atoms with van der Waals surface area (Å²) in [5.41, 5.74) is 1.32. The van der Waals surface area contributed by atoms with E-state index in [-0.39, 0.29) is 5.75 Å². The fourth-order valence-corrected chi connectivity index (χ4v) is 1.64. The van der Waals surface area contributed by atoms with E-state index in [4.69, 9.17) is 4.74 Å². The molecule has 3 nitrogen and oxygen atoms in total. The van der Waals surface area contributed by atoms with E-state index in [1.165, 1.54) is 7.11 Å². The number of ether oxygens (including phenoxy) is 1. The fraction of sp³-hybridized carbons (Fsp3) is 0.364. The van der Waals surface area contributed by atoms with Crippen LogP contribution in [0.2, 0.25) is 0 Å². The van der Waals surface area contributed by atoms with Gasteiger partial charge in [0.25, 0.3) is 0 Å². The maximum Gasteiger partial charge on any atom is 0.168 e. The van der Waals surface area contributed by atoms with Crippen molar-refractivity contribution < 1.29 is 14.6 Å². The third-order valence-corrected chi connectivity index (χ3v) is 2.57. The van der Waals surface area contributed by atoms with Crippen molar-refractivity contribution in [3.05, 3.63) is 23.3 Å². The average Bonchev–Trinajstić information content (AvgIpc) is 3.00. The molecule has 0 spiro atoms. The monoisotopic (exact) mass is 192 g/mol. The summed E-state index contributed by atoms with van der Waals surface area (Å²) in [6.07, 6.45) is 2.91. The summed E-state index contributed by atoms with van der Waals surface area (Å²) in [6, 6.07) is 3.57. The smallest absolute Gasteiger partial charge is 0.168 e. The predicted octanol–water partition coefficient (Wildman–Crippen LogP) is 2.09. The zero-order valence-electron chi connectivity index (χ0n) is 7.99. The molecule has 1 saturated carbocycles. The first-order valence-electron chi connectivity index (χ1n) is 4.63. The molecule has 0 saturated heterocycles. The predicted molar refractivity (Wildman–Crippen MR) is 52.0 cm³/mol. The first-order valence-corrected chi connectivity index (χ1v) is 4.63. The number of phenolic OH excluding ortho intramolecular Hbond substituents is 1. The maximum absolute atomic E-state index is 10.8. The van der Waals surface area contributed by atoms with Gasteiger partial charge in [-0.25, -0.2) is 0 Å². The number of hydrogen-bond acceptors (Lipinski definition) is 3. The summed E-state index contributed by atoms with van der Waals surface area (Å²) in [7, 11) is 1.47. The van der Waals surface area contributed by atoms with E-state index >= 15 is 0 Å². The molecule has 3 heteroatoms. The molecule has 0 aromatic heterocycles. The highest BCUT2D eigenvalue weighted by Crippen LogP contribution is 2.45. The van der Waals surface area contributed by atoms with Crippen LogP contribution < -0.4 is 4.74 Å². The topological polar surface area (TPSA) is 46.5 Å². The van der Waals surface area contributed by atoms with Gasteiger partial charge in [0.1, 0.15) is 0 Å². The molecule has 0 bridgehead atoms. The summed E-state index contributed by atoms with van der Waals surface area (Å²) >= 11 is 0. The quantitative estimate of drug-likeness (QED) is 0.746. The number of carbonyl (C=O) groups excluding carboxylic acids is 1. The third kappa shape index (κ3) is 1.35. The Bertz CT molecular complexity index is 367. The summed E-state index contributed by atoms with van der Waals surface area (Å²) in [5, 5.41) is 9.69. The Morgan fingerprint density at radius 2 is 2.21 bits per heavy atom. The van der Waals surface area contributed by atoms with Gasteiger partial charge in [-0.3, -0.25) is 4.79 Å². The van der Waals surface area contributed by atoms with E-state index in [2.05, 4.69) is 0 Å². The van der Waals surface area contributed by atoms with Gasteiger partial charge in [0.2, 0.25) is 0 Å². The van der Waals surface area contributed by atoms with Gasteiger partial charge in [0.05, 0.1) is 12.7 Å². The normalized spacial score (nSPS) is 15.2. The Kier molecular flexibility index (Phi) is 2.15. The van der Waals surface area contributed by atoms with Crippen LogP contribution in [0.25, 0.3) is 0 Å². The molecule has 0 heterocycles. The minimum absolute atomic E-state index is 0.0353. The van der Waals surface area contributed by atoms with Crippen molar-refractivity contribution in [2.75, 3.05) is 7.11 Å². The molecule has 2 rings (SSSR count). The Balaban J connectivity index is 2.51. The van der Waals surface area contributed by atoms with Gasteiger partial charge in [0.15, 0.2) is 17.8 Å². The summed E-state index contributed by atoms with van der Waals surface area (Å²) in [4.78, 5) is 10.8. The van der Waals surface area contributed by atoms with Crippen LogP contribution in [0.4, 0.5) is 0 Å². The largest absolute Gasteiger partial charge is 0.504 e. The van der Waals surface area contributed by atoms with Crippen LogP contribution in [0.1, 0.15) is 34.7 Å².